The number of carbonyl (C=O) groups is 2. The van der Waals surface area contributed by atoms with Gasteiger partial charge in [-0.15, -0.1) is 0 Å². The first-order valence-electron chi connectivity index (χ1n) is 10.4. The molecule has 0 aliphatic carbocycles. The number of hydrogen-bond acceptors (Lipinski definition) is 8. The Kier molecular flexibility index (Phi) is 8.56. The molecule has 2 aromatic rings. The lowest BCUT2D eigenvalue weighted by Crippen LogP contribution is -2.52. The molecule has 176 valence electrons. The van der Waals surface area contributed by atoms with E-state index in [9.17, 15) is 9.59 Å². The van der Waals surface area contributed by atoms with E-state index in [1.165, 1.54) is 16.8 Å². The van der Waals surface area contributed by atoms with Crippen LogP contribution in [0.2, 0.25) is 0 Å². The number of nitrogens with one attached hydrogen (secondary N) is 2. The van der Waals surface area contributed by atoms with Gasteiger partial charge in [0.2, 0.25) is 11.8 Å². The van der Waals surface area contributed by atoms with Crippen LogP contribution in [0.15, 0.2) is 47.5 Å². The van der Waals surface area contributed by atoms with E-state index in [0.29, 0.717) is 41.1 Å². The smallest absolute Gasteiger partial charge is 0.244 e. The molecule has 0 saturated carbocycles. The summed E-state index contributed by atoms with van der Waals surface area (Å²) in [5.74, 6) is 1.59. The van der Waals surface area contributed by atoms with Crippen molar-refractivity contribution in [2.75, 3.05) is 34.9 Å². The lowest BCUT2D eigenvalue weighted by Gasteiger charge is -2.31. The quantitative estimate of drug-likeness (QED) is 0.578. The summed E-state index contributed by atoms with van der Waals surface area (Å²) in [5, 5.41) is 3.91. The van der Waals surface area contributed by atoms with Gasteiger partial charge < -0.3 is 19.5 Å². The Bertz CT molecular complexity index is 1010. The molecule has 0 spiro atoms. The molecule has 0 radical (unpaired) electrons. The summed E-state index contributed by atoms with van der Waals surface area (Å²) < 4.78 is 15.8. The third-order valence-corrected chi connectivity index (χ3v) is 6.17. The maximum atomic E-state index is 12.9. The van der Waals surface area contributed by atoms with Crippen LogP contribution >= 0.6 is 11.8 Å². The molecule has 1 fully saturated rings. The number of ether oxygens (including phenoxy) is 3. The fraction of sp³-hybridized carbons (Fsp3) is 0.348. The fourth-order valence-electron chi connectivity index (χ4n) is 3.23. The number of nitrogens with zero attached hydrogens (tertiary/aromatic N) is 2. The monoisotopic (exact) mass is 472 g/mol. The maximum absolute atomic E-state index is 12.9. The van der Waals surface area contributed by atoms with E-state index in [4.69, 9.17) is 14.2 Å². The van der Waals surface area contributed by atoms with E-state index < -0.39 is 5.25 Å². The summed E-state index contributed by atoms with van der Waals surface area (Å²) in [5.41, 5.74) is 4.83. The lowest BCUT2D eigenvalue weighted by molar-refractivity contribution is -0.132. The van der Waals surface area contributed by atoms with Gasteiger partial charge in [-0.05, 0) is 48.4 Å². The van der Waals surface area contributed by atoms with Crippen molar-refractivity contribution in [2.24, 2.45) is 4.99 Å². The van der Waals surface area contributed by atoms with Crippen LogP contribution in [-0.4, -0.2) is 62.2 Å². The zero-order valence-corrected chi connectivity index (χ0v) is 19.9. The second-order valence-electron chi connectivity index (χ2n) is 7.09. The van der Waals surface area contributed by atoms with Gasteiger partial charge in [-0.2, -0.15) is 0 Å². The first kappa shape index (κ1) is 24.4. The van der Waals surface area contributed by atoms with Gasteiger partial charge >= 0.3 is 0 Å². The third-order valence-electron chi connectivity index (χ3n) is 5.02. The zero-order chi connectivity index (χ0) is 23.8. The lowest BCUT2D eigenvalue weighted by atomic mass is 10.1. The normalized spacial score (nSPS) is 17.1. The molecule has 2 aromatic carbocycles. The van der Waals surface area contributed by atoms with Crippen molar-refractivity contribution >= 4 is 34.4 Å². The number of hydrazine groups is 1. The molecule has 2 N–H and O–H groups in total. The predicted molar refractivity (Wildman–Crippen MR) is 128 cm³/mol. The van der Waals surface area contributed by atoms with Crippen molar-refractivity contribution < 1.29 is 23.8 Å². The third kappa shape index (κ3) is 6.17. The highest BCUT2D eigenvalue weighted by Crippen LogP contribution is 2.29. The van der Waals surface area contributed by atoms with E-state index in [0.717, 1.165) is 5.56 Å². The molecule has 9 nitrogen and oxygen atoms in total. The molecule has 1 atom stereocenters. The molecule has 0 bridgehead atoms. The van der Waals surface area contributed by atoms with Crippen LogP contribution in [0.4, 0.5) is 5.69 Å². The van der Waals surface area contributed by atoms with E-state index in [-0.39, 0.29) is 18.2 Å². The Morgan fingerprint density at radius 2 is 1.82 bits per heavy atom. The minimum atomic E-state index is -0.539. The van der Waals surface area contributed by atoms with E-state index in [1.807, 2.05) is 18.2 Å². The number of rotatable bonds is 9. The van der Waals surface area contributed by atoms with Crippen molar-refractivity contribution in [1.82, 2.24) is 15.8 Å². The summed E-state index contributed by atoms with van der Waals surface area (Å²) in [6.07, 6.45) is 0.721. The summed E-state index contributed by atoms with van der Waals surface area (Å²) in [7, 11) is 6.33. The Morgan fingerprint density at radius 3 is 2.45 bits per heavy atom. The van der Waals surface area contributed by atoms with E-state index in [1.54, 1.807) is 52.6 Å². The van der Waals surface area contributed by atoms with Crippen molar-refractivity contribution in [3.05, 3.63) is 48.0 Å². The minimum Gasteiger partial charge on any atom is -0.497 e. The second kappa shape index (κ2) is 11.6. The van der Waals surface area contributed by atoms with Gasteiger partial charge in [-0.3, -0.25) is 9.59 Å². The van der Waals surface area contributed by atoms with E-state index in [2.05, 4.69) is 15.7 Å². The minimum absolute atomic E-state index is 0.0787. The highest BCUT2D eigenvalue weighted by Gasteiger charge is 2.35. The van der Waals surface area contributed by atoms with Crippen LogP contribution in [0, 0.1) is 0 Å². The van der Waals surface area contributed by atoms with Crippen LogP contribution in [-0.2, 0) is 16.0 Å². The number of amides is 2. The molecule has 2 amide bonds. The van der Waals surface area contributed by atoms with Crippen molar-refractivity contribution in [3.8, 4) is 17.2 Å². The topological polar surface area (TPSA) is 101 Å². The summed E-state index contributed by atoms with van der Waals surface area (Å²) in [6, 6.07) is 12.9. The average molecular weight is 473 g/mol. The van der Waals surface area contributed by atoms with Crippen LogP contribution in [0.25, 0.3) is 0 Å². The molecule has 0 aromatic heterocycles. The molecule has 33 heavy (non-hydrogen) atoms. The number of methoxy groups -OCH3 is 3. The number of carbonyl (C=O) groups excluding carboxylic acids is 2. The molecular weight excluding hydrogens is 444 g/mol. The Hall–Kier alpha value is -3.24. The van der Waals surface area contributed by atoms with Gasteiger partial charge in [0.1, 0.15) is 11.0 Å². The van der Waals surface area contributed by atoms with Gasteiger partial charge in [-0.25, -0.2) is 15.4 Å². The number of thioether (sulfide) groups is 1. The maximum Gasteiger partial charge on any atom is 0.244 e. The first-order valence-corrected chi connectivity index (χ1v) is 11.2. The second-order valence-corrected chi connectivity index (χ2v) is 8.26. The van der Waals surface area contributed by atoms with Crippen LogP contribution in [0.1, 0.15) is 12.0 Å². The molecule has 1 aliphatic rings. The van der Waals surface area contributed by atoms with Crippen LogP contribution < -0.4 is 25.0 Å². The van der Waals surface area contributed by atoms with Gasteiger partial charge in [0.05, 0.1) is 27.0 Å². The van der Waals surface area contributed by atoms with Gasteiger partial charge in [0.25, 0.3) is 0 Å². The Balaban J connectivity index is 1.76. The van der Waals surface area contributed by atoms with E-state index >= 15 is 0 Å². The number of amidine groups is 1. The van der Waals surface area contributed by atoms with Crippen LogP contribution in [0.3, 0.4) is 0 Å². The number of hydrogen-bond donors (Lipinski definition) is 2. The Labute approximate surface area is 197 Å². The fourth-order valence-corrected chi connectivity index (χ4v) is 4.37. The molecule has 1 unspecified atom stereocenters. The number of aliphatic imine (C=N–C) groups is 1. The predicted octanol–water partition coefficient (Wildman–Crippen LogP) is 2.53. The molecule has 1 heterocycles. The average Bonchev–Trinajstić information content (AvgIpc) is 2.85. The highest BCUT2D eigenvalue weighted by molar-refractivity contribution is 8.15. The molecule has 10 heteroatoms. The largest absolute Gasteiger partial charge is 0.497 e. The van der Waals surface area contributed by atoms with Gasteiger partial charge in [-0.1, -0.05) is 17.8 Å². The summed E-state index contributed by atoms with van der Waals surface area (Å²) >= 11 is 1.25. The van der Waals surface area contributed by atoms with Gasteiger partial charge in [0, 0.05) is 20.0 Å². The van der Waals surface area contributed by atoms with Gasteiger partial charge in [0.15, 0.2) is 16.7 Å². The van der Waals surface area contributed by atoms with Crippen LogP contribution in [0.5, 0.6) is 17.2 Å². The zero-order valence-electron chi connectivity index (χ0n) is 19.1. The highest BCUT2D eigenvalue weighted by atomic mass is 32.2. The molecule has 3 rings (SSSR count). The Morgan fingerprint density at radius 1 is 1.09 bits per heavy atom. The summed E-state index contributed by atoms with van der Waals surface area (Å²) in [4.78, 5) is 29.7. The van der Waals surface area contributed by atoms with Crippen molar-refractivity contribution in [2.45, 2.75) is 18.1 Å². The SMILES string of the molecule is CNC(=O)C1CC(=O)N(NCCc2ccc(OC)c(OC)c2)C(=Nc2ccc(OC)cc2)S1. The first-order chi connectivity index (χ1) is 16.0. The van der Waals surface area contributed by atoms with Crippen molar-refractivity contribution in [3.63, 3.8) is 0 Å². The molecule has 1 aliphatic heterocycles. The summed E-state index contributed by atoms with van der Waals surface area (Å²) in [6.45, 7) is 0.480. The van der Waals surface area contributed by atoms with Crippen molar-refractivity contribution in [1.29, 1.82) is 0 Å². The number of benzene rings is 2. The standard InChI is InChI=1S/C23H28N4O5S/c1-24-22(29)20-14-21(28)27(23(33-20)26-16-6-8-17(30-2)9-7-16)25-12-11-15-5-10-18(31-3)19(13-15)32-4/h5-10,13,20,25H,11-12,14H2,1-4H3,(H,24,29). The molecular formula is C23H28N4O5S. The molecule has 1 saturated heterocycles.